The Morgan fingerprint density at radius 2 is 1.71 bits per heavy atom. The molecule has 0 amide bonds. The van der Waals surface area contributed by atoms with Crippen LogP contribution in [0.2, 0.25) is 0 Å². The molecule has 0 aromatic heterocycles. The zero-order valence-electron chi connectivity index (χ0n) is 11.5. The van der Waals surface area contributed by atoms with Crippen molar-refractivity contribution in [3.8, 4) is 0 Å². The molecule has 2 unspecified atom stereocenters. The van der Waals surface area contributed by atoms with E-state index in [4.69, 9.17) is 4.74 Å². The van der Waals surface area contributed by atoms with Gasteiger partial charge in [0.25, 0.3) is 0 Å². The maximum Gasteiger partial charge on any atom is 0.0845 e. The van der Waals surface area contributed by atoms with E-state index >= 15 is 0 Å². The summed E-state index contributed by atoms with van der Waals surface area (Å²) in [7, 11) is 0. The van der Waals surface area contributed by atoms with E-state index in [9.17, 15) is 0 Å². The SMILES string of the molecule is CCC1OC1CCc1ccc(C(C)(C)C)cc1. The normalized spacial score (nSPS) is 23.8. The lowest BCUT2D eigenvalue weighted by Crippen LogP contribution is -2.10. The number of aryl methyl sites for hydroxylation is 1. The molecule has 1 aliphatic heterocycles. The van der Waals surface area contributed by atoms with Gasteiger partial charge in [-0.25, -0.2) is 0 Å². The van der Waals surface area contributed by atoms with Gasteiger partial charge in [-0.3, -0.25) is 0 Å². The lowest BCUT2D eigenvalue weighted by Gasteiger charge is -2.19. The summed E-state index contributed by atoms with van der Waals surface area (Å²) in [5.74, 6) is 0. The van der Waals surface area contributed by atoms with E-state index in [2.05, 4.69) is 52.0 Å². The molecule has 1 aromatic rings. The summed E-state index contributed by atoms with van der Waals surface area (Å²) >= 11 is 0. The van der Waals surface area contributed by atoms with Crippen LogP contribution in [-0.4, -0.2) is 12.2 Å². The first-order valence-corrected chi connectivity index (χ1v) is 6.75. The van der Waals surface area contributed by atoms with Gasteiger partial charge in [0.2, 0.25) is 0 Å². The Hall–Kier alpha value is -0.820. The fourth-order valence-electron chi connectivity index (χ4n) is 2.27. The average molecular weight is 232 g/mol. The van der Waals surface area contributed by atoms with Gasteiger partial charge in [-0.05, 0) is 35.8 Å². The van der Waals surface area contributed by atoms with Gasteiger partial charge < -0.3 is 4.74 Å². The minimum atomic E-state index is 0.255. The predicted octanol–water partition coefficient (Wildman–Crippen LogP) is 4.09. The van der Waals surface area contributed by atoms with E-state index < -0.39 is 0 Å². The van der Waals surface area contributed by atoms with Crippen molar-refractivity contribution in [2.45, 2.75) is 64.6 Å². The second kappa shape index (κ2) is 4.81. The molecule has 0 bridgehead atoms. The van der Waals surface area contributed by atoms with E-state index in [0.717, 1.165) is 12.8 Å². The average Bonchev–Trinajstić information content (AvgIpc) is 3.04. The van der Waals surface area contributed by atoms with Gasteiger partial charge in [-0.15, -0.1) is 0 Å². The van der Waals surface area contributed by atoms with Crippen molar-refractivity contribution in [3.05, 3.63) is 35.4 Å². The van der Waals surface area contributed by atoms with Gasteiger partial charge in [0.1, 0.15) is 0 Å². The second-order valence-electron chi connectivity index (χ2n) is 6.11. The fraction of sp³-hybridized carbons (Fsp3) is 0.625. The van der Waals surface area contributed by atoms with Crippen LogP contribution in [0.25, 0.3) is 0 Å². The number of epoxide rings is 1. The number of ether oxygens (including phenoxy) is 1. The Bertz CT molecular complexity index is 358. The Kier molecular flexibility index (Phi) is 3.58. The molecule has 1 fully saturated rings. The Labute approximate surface area is 105 Å². The fourth-order valence-corrected chi connectivity index (χ4v) is 2.27. The first-order valence-electron chi connectivity index (χ1n) is 6.75. The van der Waals surface area contributed by atoms with Crippen LogP contribution in [-0.2, 0) is 16.6 Å². The minimum absolute atomic E-state index is 0.255. The van der Waals surface area contributed by atoms with Crippen molar-refractivity contribution < 1.29 is 4.74 Å². The molecule has 1 nitrogen and oxygen atoms in total. The molecule has 17 heavy (non-hydrogen) atoms. The molecule has 0 radical (unpaired) electrons. The molecule has 1 saturated heterocycles. The van der Waals surface area contributed by atoms with Crippen molar-refractivity contribution in [1.82, 2.24) is 0 Å². The van der Waals surface area contributed by atoms with Crippen LogP contribution in [0.15, 0.2) is 24.3 Å². The number of rotatable bonds is 4. The highest BCUT2D eigenvalue weighted by Crippen LogP contribution is 2.29. The van der Waals surface area contributed by atoms with Crippen LogP contribution in [0.3, 0.4) is 0 Å². The van der Waals surface area contributed by atoms with Gasteiger partial charge in [0.15, 0.2) is 0 Å². The summed E-state index contributed by atoms with van der Waals surface area (Å²) in [6, 6.07) is 9.06. The zero-order valence-corrected chi connectivity index (χ0v) is 11.5. The van der Waals surface area contributed by atoms with Crippen molar-refractivity contribution in [3.63, 3.8) is 0 Å². The van der Waals surface area contributed by atoms with E-state index in [1.165, 1.54) is 17.5 Å². The molecular weight excluding hydrogens is 208 g/mol. The van der Waals surface area contributed by atoms with Gasteiger partial charge in [0.05, 0.1) is 12.2 Å². The number of benzene rings is 1. The van der Waals surface area contributed by atoms with Gasteiger partial charge >= 0.3 is 0 Å². The molecular formula is C16H24O. The smallest absolute Gasteiger partial charge is 0.0845 e. The first kappa shape index (κ1) is 12.6. The van der Waals surface area contributed by atoms with Crippen molar-refractivity contribution >= 4 is 0 Å². The third kappa shape index (κ3) is 3.32. The van der Waals surface area contributed by atoms with Gasteiger partial charge in [0, 0.05) is 0 Å². The molecule has 0 spiro atoms. The highest BCUT2D eigenvalue weighted by molar-refractivity contribution is 5.27. The monoisotopic (exact) mass is 232 g/mol. The molecule has 2 rings (SSSR count). The molecule has 94 valence electrons. The number of hydrogen-bond donors (Lipinski definition) is 0. The Morgan fingerprint density at radius 3 is 2.18 bits per heavy atom. The molecule has 1 heterocycles. The lowest BCUT2D eigenvalue weighted by atomic mass is 9.86. The summed E-state index contributed by atoms with van der Waals surface area (Å²) in [6.07, 6.45) is 4.55. The van der Waals surface area contributed by atoms with Crippen molar-refractivity contribution in [1.29, 1.82) is 0 Å². The minimum Gasteiger partial charge on any atom is -0.370 e. The van der Waals surface area contributed by atoms with E-state index in [1.54, 1.807) is 0 Å². The quantitative estimate of drug-likeness (QED) is 0.712. The van der Waals surface area contributed by atoms with Crippen LogP contribution in [0.4, 0.5) is 0 Å². The standard InChI is InChI=1S/C16H24O/c1-5-14-15(17-14)11-8-12-6-9-13(10-7-12)16(2,3)4/h6-7,9-10,14-15H,5,8,11H2,1-4H3. The molecule has 1 aliphatic rings. The van der Waals surface area contributed by atoms with Gasteiger partial charge in [-0.2, -0.15) is 0 Å². The first-order chi connectivity index (χ1) is 8.00. The Morgan fingerprint density at radius 1 is 1.06 bits per heavy atom. The van der Waals surface area contributed by atoms with Crippen LogP contribution in [0, 0.1) is 0 Å². The molecule has 0 saturated carbocycles. The maximum atomic E-state index is 5.57. The zero-order chi connectivity index (χ0) is 12.5. The topological polar surface area (TPSA) is 12.5 Å². The summed E-state index contributed by atoms with van der Waals surface area (Å²) in [5, 5.41) is 0. The second-order valence-corrected chi connectivity index (χ2v) is 6.11. The molecule has 1 aromatic carbocycles. The van der Waals surface area contributed by atoms with Crippen LogP contribution in [0.5, 0.6) is 0 Å². The third-order valence-corrected chi connectivity index (χ3v) is 3.63. The van der Waals surface area contributed by atoms with Crippen molar-refractivity contribution in [2.24, 2.45) is 0 Å². The van der Waals surface area contributed by atoms with Crippen LogP contribution >= 0.6 is 0 Å². The van der Waals surface area contributed by atoms with Crippen molar-refractivity contribution in [2.75, 3.05) is 0 Å². The largest absolute Gasteiger partial charge is 0.370 e. The van der Waals surface area contributed by atoms with E-state index in [-0.39, 0.29) is 5.41 Å². The summed E-state index contributed by atoms with van der Waals surface area (Å²) < 4.78 is 5.57. The van der Waals surface area contributed by atoms with E-state index in [1.807, 2.05) is 0 Å². The highest BCUT2D eigenvalue weighted by atomic mass is 16.6. The highest BCUT2D eigenvalue weighted by Gasteiger charge is 2.35. The van der Waals surface area contributed by atoms with Crippen LogP contribution < -0.4 is 0 Å². The summed E-state index contributed by atoms with van der Waals surface area (Å²) in [5.41, 5.74) is 3.10. The molecule has 0 N–H and O–H groups in total. The summed E-state index contributed by atoms with van der Waals surface area (Å²) in [4.78, 5) is 0. The third-order valence-electron chi connectivity index (χ3n) is 3.63. The summed E-state index contributed by atoms with van der Waals surface area (Å²) in [6.45, 7) is 8.96. The van der Waals surface area contributed by atoms with E-state index in [0.29, 0.717) is 12.2 Å². The molecule has 0 aliphatic carbocycles. The lowest BCUT2D eigenvalue weighted by molar-refractivity contribution is 0.360. The predicted molar refractivity (Wildman–Crippen MR) is 72.4 cm³/mol. The maximum absolute atomic E-state index is 5.57. The Balaban J connectivity index is 1.86. The molecule has 2 atom stereocenters. The van der Waals surface area contributed by atoms with Crippen LogP contribution in [0.1, 0.15) is 51.7 Å². The van der Waals surface area contributed by atoms with Gasteiger partial charge in [-0.1, -0.05) is 52.0 Å². The molecule has 1 heteroatoms. The number of hydrogen-bond acceptors (Lipinski definition) is 1.